The topological polar surface area (TPSA) is 32.7 Å². The second-order valence-corrected chi connectivity index (χ2v) is 2.52. The summed E-state index contributed by atoms with van der Waals surface area (Å²) in [5, 5.41) is 0. The molecular formula is C9H8N2O. The fraction of sp³-hybridized carbons (Fsp3) is 0.111. The molecule has 0 bridgehead atoms. The molecule has 3 nitrogen and oxygen atoms in total. The van der Waals surface area contributed by atoms with Crippen LogP contribution >= 0.6 is 0 Å². The van der Waals surface area contributed by atoms with Gasteiger partial charge in [-0.2, -0.15) is 4.99 Å². The predicted molar refractivity (Wildman–Crippen MR) is 46.3 cm³/mol. The van der Waals surface area contributed by atoms with E-state index >= 15 is 0 Å². The molecule has 1 amide bonds. The van der Waals surface area contributed by atoms with E-state index in [0.29, 0.717) is 11.5 Å². The number of hydrogen-bond acceptors (Lipinski definition) is 2. The van der Waals surface area contributed by atoms with Crippen molar-refractivity contribution in [3.8, 4) is 0 Å². The van der Waals surface area contributed by atoms with Crippen LogP contribution in [0.5, 0.6) is 0 Å². The first-order valence-corrected chi connectivity index (χ1v) is 3.76. The van der Waals surface area contributed by atoms with Crippen molar-refractivity contribution in [2.75, 3.05) is 0 Å². The molecule has 60 valence electrons. The predicted octanol–water partition coefficient (Wildman–Crippen LogP) is 1.21. The van der Waals surface area contributed by atoms with Crippen LogP contribution in [0.15, 0.2) is 41.2 Å². The van der Waals surface area contributed by atoms with Gasteiger partial charge in [0.1, 0.15) is 11.5 Å². The van der Waals surface area contributed by atoms with Gasteiger partial charge in [-0.05, 0) is 19.1 Å². The molecule has 0 aromatic carbocycles. The van der Waals surface area contributed by atoms with E-state index in [2.05, 4.69) is 4.99 Å². The zero-order chi connectivity index (χ0) is 8.55. The molecule has 2 aliphatic rings. The number of aliphatic imine (C=N–C) groups is 1. The third-order valence-electron chi connectivity index (χ3n) is 1.81. The minimum Gasteiger partial charge on any atom is -0.297 e. The first-order valence-electron chi connectivity index (χ1n) is 3.76. The van der Waals surface area contributed by atoms with E-state index in [0.717, 1.165) is 0 Å². The molecule has 0 fully saturated rings. The maximum Gasteiger partial charge on any atom is 0.295 e. The molecule has 0 unspecified atom stereocenters. The molecule has 3 heteroatoms. The Bertz CT molecular complexity index is 348. The molecule has 0 aromatic rings. The molecule has 0 aromatic heterocycles. The molecule has 2 aliphatic heterocycles. The molecule has 0 radical (unpaired) electrons. The van der Waals surface area contributed by atoms with Gasteiger partial charge in [0.15, 0.2) is 0 Å². The molecule has 2 heterocycles. The Morgan fingerprint density at radius 3 is 3.08 bits per heavy atom. The lowest BCUT2D eigenvalue weighted by atomic mass is 10.3. The number of hydrogen-bond donors (Lipinski definition) is 0. The number of amidine groups is 1. The van der Waals surface area contributed by atoms with Crippen LogP contribution in [0.4, 0.5) is 0 Å². The van der Waals surface area contributed by atoms with Crippen LogP contribution in [0, 0.1) is 0 Å². The lowest BCUT2D eigenvalue weighted by molar-refractivity contribution is -0.114. The highest BCUT2D eigenvalue weighted by Crippen LogP contribution is 2.19. The van der Waals surface area contributed by atoms with Gasteiger partial charge < -0.3 is 0 Å². The Hall–Kier alpha value is -1.64. The Labute approximate surface area is 70.4 Å². The van der Waals surface area contributed by atoms with Crippen LogP contribution in [-0.4, -0.2) is 16.6 Å². The summed E-state index contributed by atoms with van der Waals surface area (Å²) >= 11 is 0. The SMILES string of the molecule is C/C=C1/C(=O)N=C2C=CC=CN21. The Morgan fingerprint density at radius 1 is 1.50 bits per heavy atom. The third-order valence-corrected chi connectivity index (χ3v) is 1.81. The molecule has 2 rings (SSSR count). The zero-order valence-electron chi connectivity index (χ0n) is 6.69. The van der Waals surface area contributed by atoms with Gasteiger partial charge in [0.2, 0.25) is 0 Å². The van der Waals surface area contributed by atoms with Gasteiger partial charge in [0.25, 0.3) is 5.91 Å². The fourth-order valence-electron chi connectivity index (χ4n) is 1.26. The smallest absolute Gasteiger partial charge is 0.295 e. The van der Waals surface area contributed by atoms with E-state index in [1.165, 1.54) is 0 Å². The molecule has 0 atom stereocenters. The molecule has 0 saturated heterocycles. The van der Waals surface area contributed by atoms with Gasteiger partial charge in [0, 0.05) is 6.20 Å². The minimum atomic E-state index is -0.163. The normalized spacial score (nSPS) is 23.4. The second kappa shape index (κ2) is 2.44. The number of nitrogens with zero attached hydrogens (tertiary/aromatic N) is 2. The first kappa shape index (κ1) is 7.03. The standard InChI is InChI=1S/C9H8N2O/c1-2-7-9(12)10-8-5-3-4-6-11(7)8/h2-6H,1H3/b7-2-. The maximum absolute atomic E-state index is 11.2. The number of amides is 1. The monoisotopic (exact) mass is 160 g/mol. The largest absolute Gasteiger partial charge is 0.297 e. The number of allylic oxidation sites excluding steroid dienone is 3. The average Bonchev–Trinajstić information content (AvgIpc) is 2.40. The molecular weight excluding hydrogens is 152 g/mol. The highest BCUT2D eigenvalue weighted by Gasteiger charge is 2.25. The van der Waals surface area contributed by atoms with Crippen LogP contribution in [0.25, 0.3) is 0 Å². The average molecular weight is 160 g/mol. The number of rotatable bonds is 0. The Morgan fingerprint density at radius 2 is 2.33 bits per heavy atom. The van der Waals surface area contributed by atoms with E-state index in [1.54, 1.807) is 11.0 Å². The molecule has 0 N–H and O–H groups in total. The molecule has 12 heavy (non-hydrogen) atoms. The summed E-state index contributed by atoms with van der Waals surface area (Å²) in [5.74, 6) is 0.541. The van der Waals surface area contributed by atoms with Gasteiger partial charge in [-0.3, -0.25) is 9.69 Å². The lowest BCUT2D eigenvalue weighted by Crippen LogP contribution is -2.20. The summed E-state index contributed by atoms with van der Waals surface area (Å²) in [4.78, 5) is 16.8. The first-order chi connectivity index (χ1) is 5.83. The summed E-state index contributed by atoms with van der Waals surface area (Å²) in [5.41, 5.74) is 0.630. The van der Waals surface area contributed by atoms with Crippen molar-refractivity contribution in [1.82, 2.24) is 4.90 Å². The van der Waals surface area contributed by atoms with Crippen LogP contribution in [0.2, 0.25) is 0 Å². The lowest BCUT2D eigenvalue weighted by Gasteiger charge is -2.15. The van der Waals surface area contributed by atoms with E-state index in [1.807, 2.05) is 31.4 Å². The molecule has 0 spiro atoms. The van der Waals surface area contributed by atoms with Crippen LogP contribution in [0.3, 0.4) is 0 Å². The second-order valence-electron chi connectivity index (χ2n) is 2.52. The van der Waals surface area contributed by atoms with E-state index in [4.69, 9.17) is 0 Å². The van der Waals surface area contributed by atoms with Gasteiger partial charge in [0.05, 0.1) is 0 Å². The zero-order valence-corrected chi connectivity index (χ0v) is 6.69. The third kappa shape index (κ3) is 0.830. The van der Waals surface area contributed by atoms with Crippen LogP contribution in [-0.2, 0) is 4.79 Å². The van der Waals surface area contributed by atoms with Crippen molar-refractivity contribution in [3.63, 3.8) is 0 Å². The molecule has 0 aliphatic carbocycles. The van der Waals surface area contributed by atoms with Gasteiger partial charge in [-0.15, -0.1) is 0 Å². The van der Waals surface area contributed by atoms with Crippen molar-refractivity contribution in [2.45, 2.75) is 6.92 Å². The van der Waals surface area contributed by atoms with Crippen molar-refractivity contribution in [3.05, 3.63) is 36.2 Å². The summed E-state index contributed by atoms with van der Waals surface area (Å²) < 4.78 is 0. The number of fused-ring (bicyclic) bond motifs is 1. The Kier molecular flexibility index (Phi) is 1.43. The summed E-state index contributed by atoms with van der Waals surface area (Å²) in [6.07, 6.45) is 9.15. The highest BCUT2D eigenvalue weighted by molar-refractivity contribution is 6.15. The van der Waals surface area contributed by atoms with Gasteiger partial charge in [-0.1, -0.05) is 12.2 Å². The van der Waals surface area contributed by atoms with Gasteiger partial charge in [-0.25, -0.2) is 0 Å². The van der Waals surface area contributed by atoms with Gasteiger partial charge >= 0.3 is 0 Å². The summed E-state index contributed by atoms with van der Waals surface area (Å²) in [6, 6.07) is 0. The highest BCUT2D eigenvalue weighted by atomic mass is 16.2. The fourth-order valence-corrected chi connectivity index (χ4v) is 1.26. The number of carbonyl (C=O) groups is 1. The maximum atomic E-state index is 11.2. The minimum absolute atomic E-state index is 0.163. The van der Waals surface area contributed by atoms with E-state index < -0.39 is 0 Å². The molecule has 0 saturated carbocycles. The number of carbonyl (C=O) groups excluding carboxylic acids is 1. The summed E-state index contributed by atoms with van der Waals surface area (Å²) in [7, 11) is 0. The quantitative estimate of drug-likeness (QED) is 0.499. The van der Waals surface area contributed by atoms with Crippen molar-refractivity contribution >= 4 is 11.7 Å². The Balaban J connectivity index is 2.46. The van der Waals surface area contributed by atoms with E-state index in [-0.39, 0.29) is 5.91 Å². The van der Waals surface area contributed by atoms with Crippen LogP contribution < -0.4 is 0 Å². The van der Waals surface area contributed by atoms with Crippen molar-refractivity contribution < 1.29 is 4.79 Å². The van der Waals surface area contributed by atoms with Crippen molar-refractivity contribution in [1.29, 1.82) is 0 Å². The van der Waals surface area contributed by atoms with E-state index in [9.17, 15) is 4.79 Å². The van der Waals surface area contributed by atoms with Crippen molar-refractivity contribution in [2.24, 2.45) is 4.99 Å². The summed E-state index contributed by atoms with van der Waals surface area (Å²) in [6.45, 7) is 1.83. The van der Waals surface area contributed by atoms with Crippen LogP contribution in [0.1, 0.15) is 6.92 Å².